The van der Waals surface area contributed by atoms with Gasteiger partial charge in [-0.2, -0.15) is 4.98 Å². The van der Waals surface area contributed by atoms with Gasteiger partial charge in [-0.25, -0.2) is 4.98 Å². The van der Waals surface area contributed by atoms with Crippen LogP contribution in [0.25, 0.3) is 11.0 Å². The number of hydrogen-bond acceptors (Lipinski definition) is 5. The predicted octanol–water partition coefficient (Wildman–Crippen LogP) is 3.10. The number of hydrogen-bond donors (Lipinski definition) is 1. The SMILES string of the molecule is CC#CCCn1c(=O)ccc2cnc(N(c3ccccc3)C3CCNCC3)nc21. The fourth-order valence-corrected chi connectivity index (χ4v) is 3.83. The van der Waals surface area contributed by atoms with Crippen molar-refractivity contribution < 1.29 is 0 Å². The molecule has 0 radical (unpaired) electrons. The van der Waals surface area contributed by atoms with Crippen molar-refractivity contribution in [3.63, 3.8) is 0 Å². The molecule has 0 saturated carbocycles. The molecule has 0 aliphatic carbocycles. The van der Waals surface area contributed by atoms with Gasteiger partial charge in [-0.1, -0.05) is 18.2 Å². The van der Waals surface area contributed by atoms with Crippen LogP contribution in [0.4, 0.5) is 11.6 Å². The molecule has 0 bridgehead atoms. The summed E-state index contributed by atoms with van der Waals surface area (Å²) in [5.74, 6) is 6.56. The van der Waals surface area contributed by atoms with E-state index in [0.717, 1.165) is 37.0 Å². The van der Waals surface area contributed by atoms with Crippen molar-refractivity contribution >= 4 is 22.7 Å². The molecule has 3 heterocycles. The Balaban J connectivity index is 1.81. The highest BCUT2D eigenvalue weighted by atomic mass is 16.1. The number of pyridine rings is 1. The number of anilines is 2. The Morgan fingerprint density at radius 3 is 2.72 bits per heavy atom. The monoisotopic (exact) mass is 387 g/mol. The molecule has 1 aliphatic rings. The zero-order valence-corrected chi connectivity index (χ0v) is 16.6. The van der Waals surface area contributed by atoms with Crippen molar-refractivity contribution in [2.45, 2.75) is 38.8 Å². The van der Waals surface area contributed by atoms with E-state index in [0.29, 0.717) is 30.6 Å². The Kier molecular flexibility index (Phi) is 5.87. The first kappa shape index (κ1) is 19.2. The summed E-state index contributed by atoms with van der Waals surface area (Å²) >= 11 is 0. The third kappa shape index (κ3) is 4.15. The third-order valence-electron chi connectivity index (χ3n) is 5.27. The molecule has 3 aromatic rings. The molecule has 0 spiro atoms. The predicted molar refractivity (Wildman–Crippen MR) is 116 cm³/mol. The van der Waals surface area contributed by atoms with Crippen LogP contribution in [0, 0.1) is 11.8 Å². The molecule has 1 aromatic carbocycles. The average Bonchev–Trinajstić information content (AvgIpc) is 2.77. The summed E-state index contributed by atoms with van der Waals surface area (Å²) in [7, 11) is 0. The molecule has 1 aliphatic heterocycles. The second-order valence-electron chi connectivity index (χ2n) is 7.14. The van der Waals surface area contributed by atoms with Gasteiger partial charge in [-0.05, 0) is 51.1 Å². The highest BCUT2D eigenvalue weighted by molar-refractivity contribution is 5.76. The maximum absolute atomic E-state index is 12.5. The first-order chi connectivity index (χ1) is 14.3. The molecule has 1 saturated heterocycles. The first-order valence-corrected chi connectivity index (χ1v) is 10.1. The molecular formula is C23H25N5O. The van der Waals surface area contributed by atoms with Crippen molar-refractivity contribution in [3.8, 4) is 11.8 Å². The van der Waals surface area contributed by atoms with E-state index in [2.05, 4.69) is 39.2 Å². The van der Waals surface area contributed by atoms with Crippen LogP contribution in [0.5, 0.6) is 0 Å². The quantitative estimate of drug-likeness (QED) is 0.682. The van der Waals surface area contributed by atoms with Crippen molar-refractivity contribution in [3.05, 3.63) is 59.0 Å². The second kappa shape index (κ2) is 8.89. The van der Waals surface area contributed by atoms with Gasteiger partial charge in [-0.15, -0.1) is 11.8 Å². The third-order valence-corrected chi connectivity index (χ3v) is 5.27. The van der Waals surface area contributed by atoms with Gasteiger partial charge >= 0.3 is 0 Å². The lowest BCUT2D eigenvalue weighted by Crippen LogP contribution is -2.41. The van der Waals surface area contributed by atoms with Gasteiger partial charge in [0.05, 0.1) is 0 Å². The van der Waals surface area contributed by atoms with Gasteiger partial charge in [0.1, 0.15) is 5.65 Å². The molecule has 29 heavy (non-hydrogen) atoms. The number of rotatable bonds is 5. The van der Waals surface area contributed by atoms with Crippen LogP contribution in [0.3, 0.4) is 0 Å². The van der Waals surface area contributed by atoms with E-state index in [4.69, 9.17) is 4.98 Å². The van der Waals surface area contributed by atoms with Gasteiger partial charge in [0.2, 0.25) is 5.95 Å². The Morgan fingerprint density at radius 2 is 1.97 bits per heavy atom. The zero-order valence-electron chi connectivity index (χ0n) is 16.6. The lowest BCUT2D eigenvalue weighted by atomic mass is 10.0. The summed E-state index contributed by atoms with van der Waals surface area (Å²) in [5, 5.41) is 4.28. The highest BCUT2D eigenvalue weighted by Crippen LogP contribution is 2.29. The molecule has 0 amide bonds. The first-order valence-electron chi connectivity index (χ1n) is 10.1. The van der Waals surface area contributed by atoms with Gasteiger partial charge in [0, 0.05) is 42.3 Å². The van der Waals surface area contributed by atoms with Crippen molar-refractivity contribution in [1.82, 2.24) is 19.9 Å². The largest absolute Gasteiger partial charge is 0.317 e. The van der Waals surface area contributed by atoms with E-state index in [1.54, 1.807) is 16.7 Å². The van der Waals surface area contributed by atoms with E-state index >= 15 is 0 Å². The van der Waals surface area contributed by atoms with E-state index in [1.807, 2.05) is 31.3 Å². The molecule has 2 aromatic heterocycles. The summed E-state index contributed by atoms with van der Waals surface area (Å²) in [4.78, 5) is 24.3. The molecule has 6 heteroatoms. The van der Waals surface area contributed by atoms with Crippen LogP contribution in [-0.4, -0.2) is 33.7 Å². The van der Waals surface area contributed by atoms with E-state index < -0.39 is 0 Å². The second-order valence-corrected chi connectivity index (χ2v) is 7.14. The maximum Gasteiger partial charge on any atom is 0.252 e. The van der Waals surface area contributed by atoms with Crippen LogP contribution in [-0.2, 0) is 6.54 Å². The number of fused-ring (bicyclic) bond motifs is 1. The molecule has 148 valence electrons. The van der Waals surface area contributed by atoms with Crippen LogP contribution < -0.4 is 15.8 Å². The molecule has 1 fully saturated rings. The normalized spacial score (nSPS) is 14.4. The van der Waals surface area contributed by atoms with Gasteiger partial charge in [-0.3, -0.25) is 9.36 Å². The molecule has 0 unspecified atom stereocenters. The minimum Gasteiger partial charge on any atom is -0.317 e. The standard InChI is InChI=1S/C23H25N5O/c1-2-3-7-16-27-21(29)11-10-18-17-25-23(26-22(18)27)28(19-8-5-4-6-9-19)20-12-14-24-15-13-20/h4-6,8-11,17,20,24H,7,12-16H2,1H3. The van der Waals surface area contributed by atoms with E-state index in [1.165, 1.54) is 0 Å². The number of piperidine rings is 1. The summed E-state index contributed by atoms with van der Waals surface area (Å²) in [6, 6.07) is 13.9. The fraction of sp³-hybridized carbons (Fsp3) is 0.348. The molecule has 6 nitrogen and oxygen atoms in total. The van der Waals surface area contributed by atoms with Crippen LogP contribution in [0.2, 0.25) is 0 Å². The zero-order chi connectivity index (χ0) is 20.1. The number of nitrogens with zero attached hydrogens (tertiary/aromatic N) is 4. The van der Waals surface area contributed by atoms with Crippen molar-refractivity contribution in [2.75, 3.05) is 18.0 Å². The molecule has 1 N–H and O–H groups in total. The smallest absolute Gasteiger partial charge is 0.252 e. The highest BCUT2D eigenvalue weighted by Gasteiger charge is 2.25. The minimum absolute atomic E-state index is 0.0619. The maximum atomic E-state index is 12.5. The van der Waals surface area contributed by atoms with Crippen LogP contribution >= 0.6 is 0 Å². The Hall–Kier alpha value is -3.17. The van der Waals surface area contributed by atoms with Gasteiger partial charge in [0.25, 0.3) is 5.56 Å². The number of nitrogens with one attached hydrogen (secondary N) is 1. The molecule has 0 atom stereocenters. The van der Waals surface area contributed by atoms with Gasteiger partial charge < -0.3 is 10.2 Å². The molecular weight excluding hydrogens is 362 g/mol. The summed E-state index contributed by atoms with van der Waals surface area (Å²) in [6.07, 6.45) is 4.47. The van der Waals surface area contributed by atoms with E-state index in [9.17, 15) is 4.79 Å². The van der Waals surface area contributed by atoms with Crippen molar-refractivity contribution in [2.24, 2.45) is 0 Å². The molecule has 4 rings (SSSR count). The summed E-state index contributed by atoms with van der Waals surface area (Å²) < 4.78 is 1.70. The Bertz CT molecular complexity index is 1090. The number of para-hydroxylation sites is 1. The Morgan fingerprint density at radius 1 is 1.17 bits per heavy atom. The van der Waals surface area contributed by atoms with Gasteiger partial charge in [0.15, 0.2) is 0 Å². The lowest BCUT2D eigenvalue weighted by Gasteiger charge is -2.34. The number of aryl methyl sites for hydroxylation is 1. The van der Waals surface area contributed by atoms with Crippen LogP contribution in [0.15, 0.2) is 53.5 Å². The number of benzene rings is 1. The average molecular weight is 387 g/mol. The van der Waals surface area contributed by atoms with Crippen molar-refractivity contribution in [1.29, 1.82) is 0 Å². The minimum atomic E-state index is -0.0619. The Labute approximate surface area is 170 Å². The fourth-order valence-electron chi connectivity index (χ4n) is 3.83. The number of aromatic nitrogens is 3. The van der Waals surface area contributed by atoms with Crippen LogP contribution in [0.1, 0.15) is 26.2 Å². The summed E-state index contributed by atoms with van der Waals surface area (Å²) in [6.45, 7) is 4.28. The summed E-state index contributed by atoms with van der Waals surface area (Å²) in [5.41, 5.74) is 1.67. The van der Waals surface area contributed by atoms with E-state index in [-0.39, 0.29) is 5.56 Å². The topological polar surface area (TPSA) is 63.1 Å². The lowest BCUT2D eigenvalue weighted by molar-refractivity contribution is 0.449.